The molecule has 1 rings (SSSR count). The highest BCUT2D eigenvalue weighted by Gasteiger charge is 2.47. The van der Waals surface area contributed by atoms with Crippen molar-refractivity contribution < 1.29 is 19.5 Å². The van der Waals surface area contributed by atoms with Gasteiger partial charge in [-0.3, -0.25) is 9.69 Å². The van der Waals surface area contributed by atoms with E-state index in [4.69, 9.17) is 0 Å². The molecule has 1 atom stereocenters. The van der Waals surface area contributed by atoms with Crippen LogP contribution >= 0.6 is 0 Å². The zero-order valence-corrected chi connectivity index (χ0v) is 10.3. The van der Waals surface area contributed by atoms with E-state index in [1.807, 2.05) is 13.8 Å². The van der Waals surface area contributed by atoms with Gasteiger partial charge in [-0.2, -0.15) is 0 Å². The van der Waals surface area contributed by atoms with Gasteiger partial charge in [0.05, 0.1) is 12.5 Å². The number of hydrogen-bond acceptors (Lipinski definition) is 4. The second-order valence-corrected chi connectivity index (χ2v) is 4.96. The van der Waals surface area contributed by atoms with Crippen LogP contribution in [0.25, 0.3) is 0 Å². The molecular weight excluding hydrogens is 224 g/mol. The second-order valence-electron chi connectivity index (χ2n) is 4.96. The smallest absolute Gasteiger partial charge is 0.325 e. The van der Waals surface area contributed by atoms with E-state index < -0.39 is 30.0 Å². The van der Waals surface area contributed by atoms with Crippen molar-refractivity contribution in [2.45, 2.75) is 39.2 Å². The average Bonchev–Trinajstić information content (AvgIpc) is 2.40. The Morgan fingerprint density at radius 2 is 2.06 bits per heavy atom. The number of nitrogens with one attached hydrogen (secondary N) is 1. The molecule has 0 spiro atoms. The number of carbonyl (C=O) groups is 3. The van der Waals surface area contributed by atoms with Gasteiger partial charge in [-0.25, -0.2) is 4.79 Å². The molecule has 6 heteroatoms. The maximum atomic E-state index is 11.9. The Labute approximate surface area is 100.0 Å². The topological polar surface area (TPSA) is 89.5 Å². The minimum absolute atomic E-state index is 0.409. The summed E-state index contributed by atoms with van der Waals surface area (Å²) in [5.41, 5.74) is -0.989. The summed E-state index contributed by atoms with van der Waals surface area (Å²) in [6.07, 6.45) is 1.28. The van der Waals surface area contributed by atoms with E-state index in [0.717, 1.165) is 6.42 Å². The minimum Gasteiger partial charge on any atom is -0.548 e. The molecule has 0 aromatic rings. The molecule has 0 aromatic carbocycles. The van der Waals surface area contributed by atoms with E-state index in [1.54, 1.807) is 6.92 Å². The monoisotopic (exact) mass is 241 g/mol. The number of carboxylic acid groups (broad SMARTS) is 1. The first-order valence-electron chi connectivity index (χ1n) is 5.60. The van der Waals surface area contributed by atoms with Crippen LogP contribution in [0, 0.1) is 5.92 Å². The molecule has 0 bridgehead atoms. The average molecular weight is 241 g/mol. The summed E-state index contributed by atoms with van der Waals surface area (Å²) in [6.45, 7) is 4.96. The van der Waals surface area contributed by atoms with Crippen LogP contribution in [0.1, 0.15) is 33.6 Å². The normalized spacial score (nSPS) is 24.4. The Bertz CT molecular complexity index is 353. The van der Waals surface area contributed by atoms with Crippen molar-refractivity contribution in [2.75, 3.05) is 6.54 Å². The number of urea groups is 1. The van der Waals surface area contributed by atoms with Crippen LogP contribution in [-0.4, -0.2) is 34.9 Å². The molecule has 96 valence electrons. The fourth-order valence-corrected chi connectivity index (χ4v) is 1.77. The lowest BCUT2D eigenvalue weighted by atomic mass is 9.92. The molecular formula is C11H17N2O4-. The van der Waals surface area contributed by atoms with Gasteiger partial charge in [0.2, 0.25) is 0 Å². The Morgan fingerprint density at radius 1 is 1.47 bits per heavy atom. The Balaban J connectivity index is 2.75. The number of nitrogens with zero attached hydrogens (tertiary/aromatic N) is 1. The van der Waals surface area contributed by atoms with Gasteiger partial charge >= 0.3 is 6.03 Å². The molecule has 0 unspecified atom stereocenters. The third kappa shape index (κ3) is 2.95. The summed E-state index contributed by atoms with van der Waals surface area (Å²) in [7, 11) is 0. The van der Waals surface area contributed by atoms with Gasteiger partial charge in [0.1, 0.15) is 5.54 Å². The van der Waals surface area contributed by atoms with Gasteiger partial charge in [-0.15, -0.1) is 0 Å². The Morgan fingerprint density at radius 3 is 2.53 bits per heavy atom. The van der Waals surface area contributed by atoms with Gasteiger partial charge in [0.15, 0.2) is 0 Å². The molecule has 0 saturated carbocycles. The third-order valence-corrected chi connectivity index (χ3v) is 2.85. The maximum Gasteiger partial charge on any atom is 0.325 e. The Kier molecular flexibility index (Phi) is 3.75. The standard InChI is InChI=1S/C11H18N2O4/c1-7(2)4-5-11(3)9(16)13(6-8(14)15)10(17)12-11/h7H,4-6H2,1-3H3,(H,12,17)(H,14,15)/p-1/t11-/m0/s1. The Hall–Kier alpha value is -1.59. The van der Waals surface area contributed by atoms with Crippen molar-refractivity contribution >= 4 is 17.9 Å². The van der Waals surface area contributed by atoms with Crippen LogP contribution < -0.4 is 10.4 Å². The highest BCUT2D eigenvalue weighted by Crippen LogP contribution is 2.24. The summed E-state index contributed by atoms with van der Waals surface area (Å²) in [5, 5.41) is 13.0. The van der Waals surface area contributed by atoms with Crippen molar-refractivity contribution in [1.82, 2.24) is 10.2 Å². The number of carboxylic acids is 1. The molecule has 1 aliphatic heterocycles. The maximum absolute atomic E-state index is 11.9. The number of rotatable bonds is 5. The number of aliphatic carboxylic acids is 1. The first-order chi connectivity index (χ1) is 7.76. The summed E-state index contributed by atoms with van der Waals surface area (Å²) < 4.78 is 0. The molecule has 1 fully saturated rings. The quantitative estimate of drug-likeness (QED) is 0.656. The van der Waals surface area contributed by atoms with E-state index in [9.17, 15) is 19.5 Å². The van der Waals surface area contributed by atoms with Gasteiger partial charge < -0.3 is 15.2 Å². The zero-order chi connectivity index (χ0) is 13.2. The van der Waals surface area contributed by atoms with Gasteiger partial charge in [0.25, 0.3) is 5.91 Å². The predicted molar refractivity (Wildman–Crippen MR) is 57.7 cm³/mol. The predicted octanol–water partition coefficient (Wildman–Crippen LogP) is -0.517. The molecule has 6 nitrogen and oxygen atoms in total. The SMILES string of the molecule is CC(C)CC[C@]1(C)NC(=O)N(CC(=O)[O-])C1=O. The van der Waals surface area contributed by atoms with Crippen LogP contribution in [0.5, 0.6) is 0 Å². The van der Waals surface area contributed by atoms with Gasteiger partial charge in [-0.05, 0) is 25.7 Å². The summed E-state index contributed by atoms with van der Waals surface area (Å²) in [5.74, 6) is -1.53. The fourth-order valence-electron chi connectivity index (χ4n) is 1.77. The van der Waals surface area contributed by atoms with E-state index in [1.165, 1.54) is 0 Å². The fraction of sp³-hybridized carbons (Fsp3) is 0.727. The lowest BCUT2D eigenvalue weighted by Gasteiger charge is -2.22. The summed E-state index contributed by atoms with van der Waals surface area (Å²) in [4.78, 5) is 34.5. The molecule has 0 aromatic heterocycles. The number of hydrogen-bond donors (Lipinski definition) is 1. The number of imide groups is 1. The third-order valence-electron chi connectivity index (χ3n) is 2.85. The second kappa shape index (κ2) is 4.73. The molecule has 1 heterocycles. The molecule has 0 radical (unpaired) electrons. The van der Waals surface area contributed by atoms with Crippen LogP contribution in [0.2, 0.25) is 0 Å². The lowest BCUT2D eigenvalue weighted by Crippen LogP contribution is -2.45. The van der Waals surface area contributed by atoms with E-state index in [2.05, 4.69) is 5.32 Å². The molecule has 1 saturated heterocycles. The van der Waals surface area contributed by atoms with Crippen molar-refractivity contribution in [2.24, 2.45) is 5.92 Å². The van der Waals surface area contributed by atoms with E-state index >= 15 is 0 Å². The van der Waals surface area contributed by atoms with Crippen molar-refractivity contribution in [3.63, 3.8) is 0 Å². The summed E-state index contributed by atoms with van der Waals surface area (Å²) >= 11 is 0. The number of amides is 3. The molecule has 17 heavy (non-hydrogen) atoms. The van der Waals surface area contributed by atoms with E-state index in [0.29, 0.717) is 17.2 Å². The summed E-state index contributed by atoms with van der Waals surface area (Å²) in [6, 6.07) is -0.662. The molecule has 1 N–H and O–H groups in total. The highest BCUT2D eigenvalue weighted by molar-refractivity contribution is 6.08. The molecule has 0 aliphatic carbocycles. The largest absolute Gasteiger partial charge is 0.548 e. The van der Waals surface area contributed by atoms with Gasteiger partial charge in [-0.1, -0.05) is 13.8 Å². The van der Waals surface area contributed by atoms with Crippen LogP contribution in [0.15, 0.2) is 0 Å². The highest BCUT2D eigenvalue weighted by atomic mass is 16.4. The van der Waals surface area contributed by atoms with Crippen LogP contribution in [0.3, 0.4) is 0 Å². The number of carbonyl (C=O) groups excluding carboxylic acids is 3. The van der Waals surface area contributed by atoms with Crippen molar-refractivity contribution in [3.8, 4) is 0 Å². The van der Waals surface area contributed by atoms with Crippen LogP contribution in [-0.2, 0) is 9.59 Å². The first-order valence-corrected chi connectivity index (χ1v) is 5.60. The zero-order valence-electron chi connectivity index (χ0n) is 10.3. The molecule has 1 aliphatic rings. The van der Waals surface area contributed by atoms with E-state index in [-0.39, 0.29) is 0 Å². The minimum atomic E-state index is -1.44. The lowest BCUT2D eigenvalue weighted by molar-refractivity contribution is -0.305. The van der Waals surface area contributed by atoms with Crippen LogP contribution in [0.4, 0.5) is 4.79 Å². The first kappa shape index (κ1) is 13.5. The van der Waals surface area contributed by atoms with Crippen molar-refractivity contribution in [1.29, 1.82) is 0 Å². The van der Waals surface area contributed by atoms with Crippen molar-refractivity contribution in [3.05, 3.63) is 0 Å². The molecule has 3 amide bonds. The van der Waals surface area contributed by atoms with Gasteiger partial charge in [0, 0.05) is 0 Å².